The average Bonchev–Trinajstić information content (AvgIpc) is 2.55. The molecule has 2 aromatic carbocycles. The van der Waals surface area contributed by atoms with Crippen molar-refractivity contribution in [3.63, 3.8) is 0 Å². The first-order valence-corrected chi connectivity index (χ1v) is 7.38. The lowest BCUT2D eigenvalue weighted by Crippen LogP contribution is -2.12. The molecule has 2 rings (SSSR count). The van der Waals surface area contributed by atoms with Crippen molar-refractivity contribution in [2.75, 3.05) is 6.26 Å². The quantitative estimate of drug-likeness (QED) is 0.397. The van der Waals surface area contributed by atoms with E-state index < -0.39 is 0 Å². The van der Waals surface area contributed by atoms with E-state index >= 15 is 0 Å². The molecule has 0 spiro atoms. The van der Waals surface area contributed by atoms with E-state index in [1.54, 1.807) is 6.07 Å². The Morgan fingerprint density at radius 1 is 1.14 bits per heavy atom. The summed E-state index contributed by atoms with van der Waals surface area (Å²) in [6.07, 6.45) is 3.72. The van der Waals surface area contributed by atoms with E-state index in [-0.39, 0.29) is 0 Å². The molecule has 0 saturated carbocycles. The highest BCUT2D eigenvalue weighted by Crippen LogP contribution is 2.31. The van der Waals surface area contributed by atoms with Crippen molar-refractivity contribution in [1.29, 1.82) is 10.5 Å². The Morgan fingerprint density at radius 2 is 1.95 bits per heavy atom. The summed E-state index contributed by atoms with van der Waals surface area (Å²) in [5, 5.41) is 20.8. The molecule has 4 nitrogen and oxygen atoms in total. The zero-order valence-electron chi connectivity index (χ0n) is 11.4. The third-order valence-electron chi connectivity index (χ3n) is 2.78. The Bertz CT molecular complexity index is 753. The summed E-state index contributed by atoms with van der Waals surface area (Å²) < 4.78 is 0. The number of aliphatic imine (C=N–C) groups is 1. The number of nitrogens with one attached hydrogen (secondary N) is 1. The lowest BCUT2D eigenvalue weighted by atomic mass is 10.0. The molecule has 1 N–H and O–H groups in total. The average molecular weight is 292 g/mol. The van der Waals surface area contributed by atoms with Gasteiger partial charge >= 0.3 is 0 Å². The molecule has 21 heavy (non-hydrogen) atoms. The van der Waals surface area contributed by atoms with Crippen LogP contribution in [0.1, 0.15) is 5.56 Å². The molecule has 0 aliphatic carbocycles. The summed E-state index contributed by atoms with van der Waals surface area (Å²) in [5.41, 5.74) is 3.19. The van der Waals surface area contributed by atoms with Gasteiger partial charge in [-0.15, -0.1) is 0 Å². The first kappa shape index (κ1) is 14.6. The van der Waals surface area contributed by atoms with Gasteiger partial charge < -0.3 is 0 Å². The summed E-state index contributed by atoms with van der Waals surface area (Å²) in [6.45, 7) is 0. The van der Waals surface area contributed by atoms with Gasteiger partial charge in [-0.05, 0) is 30.0 Å². The van der Waals surface area contributed by atoms with E-state index in [2.05, 4.69) is 16.4 Å². The van der Waals surface area contributed by atoms with Gasteiger partial charge in [-0.3, -0.25) is 5.32 Å². The third kappa shape index (κ3) is 3.62. The molecule has 0 atom stereocenters. The molecule has 0 amide bonds. The second-order valence-corrected chi connectivity index (χ2v) is 4.86. The van der Waals surface area contributed by atoms with Gasteiger partial charge in [0.15, 0.2) is 11.4 Å². The lowest BCUT2D eigenvalue weighted by molar-refractivity contribution is 1.28. The Balaban J connectivity index is 2.51. The smallest absolute Gasteiger partial charge is 0.183 e. The minimum atomic E-state index is 0.529. The fourth-order valence-electron chi connectivity index (χ4n) is 1.85. The van der Waals surface area contributed by atoms with Crippen LogP contribution in [0.5, 0.6) is 0 Å². The van der Waals surface area contributed by atoms with Crippen LogP contribution in [0, 0.1) is 22.8 Å². The molecular formula is C16H12N4S. The van der Waals surface area contributed by atoms with Gasteiger partial charge in [-0.25, -0.2) is 4.99 Å². The fourth-order valence-corrected chi connectivity index (χ4v) is 2.19. The highest BCUT2D eigenvalue weighted by atomic mass is 32.2. The zero-order chi connectivity index (χ0) is 15.1. The summed E-state index contributed by atoms with van der Waals surface area (Å²) in [4.78, 5) is 4.46. The van der Waals surface area contributed by atoms with E-state index in [1.165, 1.54) is 11.8 Å². The Labute approximate surface area is 127 Å². The highest BCUT2D eigenvalue weighted by Gasteiger charge is 2.06. The van der Waals surface area contributed by atoms with Gasteiger partial charge in [-0.1, -0.05) is 42.1 Å². The SMILES string of the molecule is CSC(=Nc1ccccc1-c1cccc(C#N)c1)NC#N. The zero-order valence-corrected chi connectivity index (χ0v) is 12.2. The predicted molar refractivity (Wildman–Crippen MR) is 86.0 cm³/mol. The van der Waals surface area contributed by atoms with Crippen LogP contribution in [0.4, 0.5) is 5.69 Å². The van der Waals surface area contributed by atoms with Crippen molar-refractivity contribution < 1.29 is 0 Å². The van der Waals surface area contributed by atoms with Crippen LogP contribution in [0.3, 0.4) is 0 Å². The second-order valence-electron chi connectivity index (χ2n) is 4.07. The van der Waals surface area contributed by atoms with Crippen LogP contribution in [0.15, 0.2) is 53.5 Å². The van der Waals surface area contributed by atoms with E-state index in [9.17, 15) is 0 Å². The highest BCUT2D eigenvalue weighted by molar-refractivity contribution is 8.13. The lowest BCUT2D eigenvalue weighted by Gasteiger charge is -2.07. The molecule has 5 heteroatoms. The van der Waals surface area contributed by atoms with Crippen LogP contribution in [0.2, 0.25) is 0 Å². The molecular weight excluding hydrogens is 280 g/mol. The Morgan fingerprint density at radius 3 is 2.67 bits per heavy atom. The third-order valence-corrected chi connectivity index (χ3v) is 3.36. The maximum absolute atomic E-state index is 9.00. The van der Waals surface area contributed by atoms with Gasteiger partial charge in [-0.2, -0.15) is 10.5 Å². The molecule has 0 bridgehead atoms. The number of hydrogen-bond acceptors (Lipinski definition) is 4. The number of para-hydroxylation sites is 1. The molecule has 102 valence electrons. The molecule has 0 unspecified atom stereocenters. The molecule has 0 fully saturated rings. The van der Waals surface area contributed by atoms with E-state index in [1.807, 2.05) is 54.9 Å². The standard InChI is InChI=1S/C16H12N4S/c1-21-16(19-11-18)20-15-8-3-2-7-14(15)13-6-4-5-12(9-13)10-17/h2-9H,1H3,(H,19,20). The summed E-state index contributed by atoms with van der Waals surface area (Å²) in [7, 11) is 0. The first-order chi connectivity index (χ1) is 10.3. The molecule has 0 aliphatic rings. The van der Waals surface area contributed by atoms with Crippen LogP contribution in [-0.2, 0) is 0 Å². The molecule has 2 aromatic rings. The topological polar surface area (TPSA) is 72.0 Å². The number of nitrogens with zero attached hydrogens (tertiary/aromatic N) is 3. The van der Waals surface area contributed by atoms with Crippen LogP contribution >= 0.6 is 11.8 Å². The van der Waals surface area contributed by atoms with Gasteiger partial charge in [0.25, 0.3) is 0 Å². The first-order valence-electron chi connectivity index (χ1n) is 6.16. The van der Waals surface area contributed by atoms with Crippen molar-refractivity contribution in [1.82, 2.24) is 5.32 Å². The normalized spacial score (nSPS) is 10.5. The largest absolute Gasteiger partial charge is 0.271 e. The van der Waals surface area contributed by atoms with Gasteiger partial charge in [0.1, 0.15) is 0 Å². The van der Waals surface area contributed by atoms with Crippen molar-refractivity contribution in [2.24, 2.45) is 4.99 Å². The van der Waals surface area contributed by atoms with Crippen molar-refractivity contribution >= 4 is 22.6 Å². The molecule has 0 aliphatic heterocycles. The number of thioether (sulfide) groups is 1. The van der Waals surface area contributed by atoms with Gasteiger partial charge in [0, 0.05) is 5.56 Å². The van der Waals surface area contributed by atoms with Crippen molar-refractivity contribution in [3.8, 4) is 23.4 Å². The van der Waals surface area contributed by atoms with E-state index in [0.717, 1.165) is 16.8 Å². The van der Waals surface area contributed by atoms with E-state index in [4.69, 9.17) is 10.5 Å². The number of rotatable bonds is 2. The van der Waals surface area contributed by atoms with Gasteiger partial charge in [0.05, 0.1) is 17.3 Å². The van der Waals surface area contributed by atoms with Crippen molar-refractivity contribution in [2.45, 2.75) is 0 Å². The van der Waals surface area contributed by atoms with Crippen molar-refractivity contribution in [3.05, 3.63) is 54.1 Å². The number of amidine groups is 1. The van der Waals surface area contributed by atoms with Crippen LogP contribution < -0.4 is 5.32 Å². The minimum absolute atomic E-state index is 0.529. The van der Waals surface area contributed by atoms with Gasteiger partial charge in [0.2, 0.25) is 0 Å². The number of nitriles is 2. The number of hydrogen-bond donors (Lipinski definition) is 1. The fraction of sp³-hybridized carbons (Fsp3) is 0.0625. The predicted octanol–water partition coefficient (Wildman–Crippen LogP) is 3.65. The Kier molecular flexibility index (Phi) is 4.98. The second kappa shape index (κ2) is 7.14. The maximum Gasteiger partial charge on any atom is 0.183 e. The minimum Gasteiger partial charge on any atom is -0.271 e. The summed E-state index contributed by atoms with van der Waals surface area (Å²) in [5.74, 6) is 0. The van der Waals surface area contributed by atoms with E-state index in [0.29, 0.717) is 10.7 Å². The molecule has 0 radical (unpaired) electrons. The Hall–Kier alpha value is -2.76. The maximum atomic E-state index is 9.00. The number of benzene rings is 2. The molecule has 0 saturated heterocycles. The molecule has 0 aromatic heterocycles. The summed E-state index contributed by atoms with van der Waals surface area (Å²) >= 11 is 1.36. The molecule has 0 heterocycles. The van der Waals surface area contributed by atoms with Crippen LogP contribution in [-0.4, -0.2) is 11.4 Å². The monoisotopic (exact) mass is 292 g/mol. The van der Waals surface area contributed by atoms with Crippen LogP contribution in [0.25, 0.3) is 11.1 Å². The summed E-state index contributed by atoms with van der Waals surface area (Å²) in [6, 6.07) is 17.1.